The summed E-state index contributed by atoms with van der Waals surface area (Å²) >= 11 is 7.00. The average molecular weight is 431 g/mol. The number of likely N-dealkylation sites (tertiary alicyclic amines) is 1. The van der Waals surface area contributed by atoms with Crippen LogP contribution in [0.2, 0.25) is 0 Å². The summed E-state index contributed by atoms with van der Waals surface area (Å²) in [7, 11) is 0. The van der Waals surface area contributed by atoms with E-state index in [9.17, 15) is 4.79 Å². The van der Waals surface area contributed by atoms with Crippen molar-refractivity contribution in [2.24, 2.45) is 0 Å². The third-order valence-electron chi connectivity index (χ3n) is 5.20. The number of piperidine rings is 1. The minimum Gasteiger partial charge on any atom is -0.363 e. The molecule has 2 heterocycles. The van der Waals surface area contributed by atoms with Gasteiger partial charge in [0.25, 0.3) is 5.91 Å². The van der Waals surface area contributed by atoms with Crippen LogP contribution in [-0.4, -0.2) is 40.5 Å². The van der Waals surface area contributed by atoms with Crippen molar-refractivity contribution >= 4 is 40.3 Å². The van der Waals surface area contributed by atoms with Crippen LogP contribution in [0, 0.1) is 0 Å². The first-order valence-corrected chi connectivity index (χ1v) is 11.5. The number of anilines is 1. The number of thiazole rings is 1. The molecule has 0 unspecified atom stereocenters. The Morgan fingerprint density at radius 3 is 2.62 bits per heavy atom. The molecule has 0 radical (unpaired) electrons. The fourth-order valence-electron chi connectivity index (χ4n) is 3.60. The van der Waals surface area contributed by atoms with Crippen molar-refractivity contribution in [3.63, 3.8) is 0 Å². The maximum absolute atomic E-state index is 12.8. The van der Waals surface area contributed by atoms with Gasteiger partial charge in [-0.05, 0) is 49.0 Å². The highest BCUT2D eigenvalue weighted by Gasteiger charge is 2.25. The number of carbonyl (C=O) groups is 1. The second-order valence-electron chi connectivity index (χ2n) is 8.42. The molecule has 1 aliphatic heterocycles. The number of hydrogen-bond acceptors (Lipinski definition) is 4. The lowest BCUT2D eigenvalue weighted by Gasteiger charge is -2.33. The standard InChI is InChI=1S/C22H30N4OS2/c1-5-23-21(28)26-12-10-15(11-13-26)20-25-18(14-29-20)19(27)24-17-9-7-6-8-16(17)22(2,3)4/h6-9,14-15H,5,10-13H2,1-4H3,(H,23,28)(H,24,27). The second kappa shape index (κ2) is 9.22. The second-order valence-corrected chi connectivity index (χ2v) is 9.69. The number of nitrogens with zero attached hydrogens (tertiary/aromatic N) is 2. The van der Waals surface area contributed by atoms with Crippen molar-refractivity contribution in [1.29, 1.82) is 0 Å². The number of nitrogens with one attached hydrogen (secondary N) is 2. The van der Waals surface area contributed by atoms with E-state index in [1.807, 2.05) is 23.6 Å². The lowest BCUT2D eigenvalue weighted by molar-refractivity contribution is 0.102. The van der Waals surface area contributed by atoms with Gasteiger partial charge in [0.2, 0.25) is 0 Å². The first-order chi connectivity index (χ1) is 13.8. The van der Waals surface area contributed by atoms with Gasteiger partial charge in [-0.25, -0.2) is 4.98 Å². The van der Waals surface area contributed by atoms with Crippen LogP contribution in [0.25, 0.3) is 0 Å². The minimum atomic E-state index is -0.144. The van der Waals surface area contributed by atoms with Crippen LogP contribution < -0.4 is 10.6 Å². The van der Waals surface area contributed by atoms with E-state index in [0.717, 1.165) is 53.8 Å². The Labute approximate surface area is 182 Å². The van der Waals surface area contributed by atoms with Gasteiger partial charge in [-0.2, -0.15) is 0 Å². The maximum Gasteiger partial charge on any atom is 0.275 e. The van der Waals surface area contributed by atoms with E-state index in [2.05, 4.69) is 54.3 Å². The number of hydrogen-bond donors (Lipinski definition) is 2. The van der Waals surface area contributed by atoms with Gasteiger partial charge in [-0.15, -0.1) is 11.3 Å². The number of rotatable bonds is 4. The molecule has 1 aromatic heterocycles. The highest BCUT2D eigenvalue weighted by Crippen LogP contribution is 2.32. The van der Waals surface area contributed by atoms with E-state index in [0.29, 0.717) is 11.6 Å². The molecule has 0 spiro atoms. The Kier molecular flexibility index (Phi) is 6.90. The fraction of sp³-hybridized carbons (Fsp3) is 0.500. The first kappa shape index (κ1) is 21.7. The largest absolute Gasteiger partial charge is 0.363 e. The van der Waals surface area contributed by atoms with Crippen molar-refractivity contribution in [3.8, 4) is 0 Å². The molecule has 7 heteroatoms. The number of aromatic nitrogens is 1. The van der Waals surface area contributed by atoms with E-state index < -0.39 is 0 Å². The number of carbonyl (C=O) groups excluding carboxylic acids is 1. The van der Waals surface area contributed by atoms with Crippen LogP contribution in [0.5, 0.6) is 0 Å². The zero-order chi connectivity index (χ0) is 21.0. The van der Waals surface area contributed by atoms with Crippen LogP contribution in [-0.2, 0) is 5.41 Å². The monoisotopic (exact) mass is 430 g/mol. The topological polar surface area (TPSA) is 57.3 Å². The molecule has 1 aromatic carbocycles. The quantitative estimate of drug-likeness (QED) is 0.685. The fourth-order valence-corrected chi connectivity index (χ4v) is 4.90. The summed E-state index contributed by atoms with van der Waals surface area (Å²) in [6, 6.07) is 7.97. The summed E-state index contributed by atoms with van der Waals surface area (Å²) in [5, 5.41) is 10.0. The van der Waals surface area contributed by atoms with E-state index in [-0.39, 0.29) is 11.3 Å². The molecule has 156 valence electrons. The summed E-state index contributed by atoms with van der Waals surface area (Å²) in [4.78, 5) is 19.7. The van der Waals surface area contributed by atoms with Crippen LogP contribution in [0.15, 0.2) is 29.6 Å². The van der Waals surface area contributed by atoms with Gasteiger partial charge in [0, 0.05) is 36.6 Å². The molecule has 0 aliphatic carbocycles. The third kappa shape index (κ3) is 5.34. The van der Waals surface area contributed by atoms with E-state index in [1.54, 1.807) is 11.3 Å². The van der Waals surface area contributed by atoms with Crippen LogP contribution in [0.4, 0.5) is 5.69 Å². The predicted molar refractivity (Wildman–Crippen MR) is 125 cm³/mol. The zero-order valence-electron chi connectivity index (χ0n) is 17.6. The molecule has 0 bridgehead atoms. The van der Waals surface area contributed by atoms with Crippen molar-refractivity contribution in [2.45, 2.75) is 51.9 Å². The third-order valence-corrected chi connectivity index (χ3v) is 6.61. The van der Waals surface area contributed by atoms with E-state index in [4.69, 9.17) is 12.2 Å². The van der Waals surface area contributed by atoms with Gasteiger partial charge in [0.15, 0.2) is 5.11 Å². The molecule has 1 fully saturated rings. The van der Waals surface area contributed by atoms with Gasteiger partial charge in [0.1, 0.15) is 5.69 Å². The number of benzene rings is 1. The van der Waals surface area contributed by atoms with E-state index >= 15 is 0 Å². The predicted octanol–water partition coefficient (Wildman–Crippen LogP) is 4.77. The van der Waals surface area contributed by atoms with Gasteiger partial charge in [-0.3, -0.25) is 4.79 Å². The van der Waals surface area contributed by atoms with Gasteiger partial charge >= 0.3 is 0 Å². The molecule has 1 aliphatic rings. The van der Waals surface area contributed by atoms with Crippen LogP contribution in [0.3, 0.4) is 0 Å². The molecular weight excluding hydrogens is 400 g/mol. The summed E-state index contributed by atoms with van der Waals surface area (Å²) in [5.41, 5.74) is 2.43. The molecule has 5 nitrogen and oxygen atoms in total. The van der Waals surface area contributed by atoms with Crippen molar-refractivity contribution in [2.75, 3.05) is 25.0 Å². The SMILES string of the molecule is CCNC(=S)N1CCC(c2nc(C(=O)Nc3ccccc3C(C)(C)C)cs2)CC1. The first-order valence-electron chi connectivity index (χ1n) is 10.2. The Morgan fingerprint density at radius 2 is 1.97 bits per heavy atom. The molecule has 2 aromatic rings. The summed E-state index contributed by atoms with van der Waals surface area (Å²) in [5.74, 6) is 0.249. The zero-order valence-corrected chi connectivity index (χ0v) is 19.3. The molecule has 0 saturated carbocycles. The van der Waals surface area contributed by atoms with Crippen LogP contribution in [0.1, 0.15) is 67.5 Å². The lowest BCUT2D eigenvalue weighted by Crippen LogP contribution is -2.43. The maximum atomic E-state index is 12.8. The highest BCUT2D eigenvalue weighted by molar-refractivity contribution is 7.80. The Bertz CT molecular complexity index is 864. The van der Waals surface area contributed by atoms with Crippen molar-refractivity contribution in [1.82, 2.24) is 15.2 Å². The average Bonchev–Trinajstić information content (AvgIpc) is 3.18. The number of amides is 1. The summed E-state index contributed by atoms with van der Waals surface area (Å²) < 4.78 is 0. The minimum absolute atomic E-state index is 0.0434. The summed E-state index contributed by atoms with van der Waals surface area (Å²) in [6.45, 7) is 11.2. The Hall–Kier alpha value is -1.99. The van der Waals surface area contributed by atoms with E-state index in [1.165, 1.54) is 0 Å². The molecule has 3 rings (SSSR count). The Morgan fingerprint density at radius 1 is 1.28 bits per heavy atom. The van der Waals surface area contributed by atoms with Gasteiger partial charge < -0.3 is 15.5 Å². The smallest absolute Gasteiger partial charge is 0.275 e. The van der Waals surface area contributed by atoms with Crippen LogP contribution >= 0.6 is 23.6 Å². The number of thiocarbonyl (C=S) groups is 1. The molecule has 1 saturated heterocycles. The van der Waals surface area contributed by atoms with Crippen molar-refractivity contribution < 1.29 is 4.79 Å². The lowest BCUT2D eigenvalue weighted by atomic mass is 9.86. The Balaban J connectivity index is 1.64. The molecule has 1 amide bonds. The molecular formula is C22H30N4OS2. The van der Waals surface area contributed by atoms with Crippen molar-refractivity contribution in [3.05, 3.63) is 45.9 Å². The highest BCUT2D eigenvalue weighted by atomic mass is 32.1. The van der Waals surface area contributed by atoms with Gasteiger partial charge in [0.05, 0.1) is 5.01 Å². The summed E-state index contributed by atoms with van der Waals surface area (Å²) in [6.07, 6.45) is 2.01. The number of para-hydroxylation sites is 1. The normalized spacial score (nSPS) is 15.2. The molecule has 0 atom stereocenters. The van der Waals surface area contributed by atoms with Gasteiger partial charge in [-0.1, -0.05) is 39.0 Å². The molecule has 2 N–H and O–H groups in total. The molecule has 29 heavy (non-hydrogen) atoms.